The molecule has 3 fully saturated rings. The average Bonchev–Trinajstić information content (AvgIpc) is 2.97. The Morgan fingerprint density at radius 3 is 2.45 bits per heavy atom. The van der Waals surface area contributed by atoms with Crippen LogP contribution in [0.4, 0.5) is 16.2 Å². The topological polar surface area (TPSA) is 93.8 Å². The first kappa shape index (κ1) is 19.5. The third-order valence-electron chi connectivity index (χ3n) is 6.15. The van der Waals surface area contributed by atoms with E-state index in [1.807, 2.05) is 18.2 Å². The van der Waals surface area contributed by atoms with Crippen molar-refractivity contribution in [3.63, 3.8) is 0 Å². The van der Waals surface area contributed by atoms with Crippen LogP contribution in [-0.4, -0.2) is 48.0 Å². The van der Waals surface area contributed by atoms with Crippen molar-refractivity contribution in [2.45, 2.75) is 56.9 Å². The highest BCUT2D eigenvalue weighted by molar-refractivity contribution is 6.08. The van der Waals surface area contributed by atoms with Gasteiger partial charge in [0.25, 0.3) is 11.8 Å². The molecule has 156 valence electrons. The molecule has 0 bridgehead atoms. The number of hydrogen-bond acceptors (Lipinski definition) is 5. The molecule has 2 saturated heterocycles. The monoisotopic (exact) mass is 399 g/mol. The molecule has 3 N–H and O–H groups in total. The van der Waals surface area contributed by atoms with Crippen molar-refractivity contribution >= 4 is 29.2 Å². The lowest BCUT2D eigenvalue weighted by Crippen LogP contribution is -2.51. The summed E-state index contributed by atoms with van der Waals surface area (Å²) in [5.74, 6) is -0.765. The molecule has 1 aliphatic carbocycles. The second-order valence-electron chi connectivity index (χ2n) is 8.17. The van der Waals surface area contributed by atoms with Crippen LogP contribution >= 0.6 is 0 Å². The Labute approximate surface area is 171 Å². The lowest BCUT2D eigenvalue weighted by Gasteiger charge is -2.31. The Kier molecular flexibility index (Phi) is 5.60. The predicted molar refractivity (Wildman–Crippen MR) is 110 cm³/mol. The Bertz CT molecular complexity index is 784. The summed E-state index contributed by atoms with van der Waals surface area (Å²) >= 11 is 0. The van der Waals surface area contributed by atoms with E-state index in [9.17, 15) is 14.4 Å². The van der Waals surface area contributed by atoms with E-state index < -0.39 is 17.5 Å². The van der Waals surface area contributed by atoms with Crippen LogP contribution in [0.5, 0.6) is 0 Å². The van der Waals surface area contributed by atoms with Gasteiger partial charge in [0.1, 0.15) is 5.54 Å². The largest absolute Gasteiger partial charge is 0.374 e. The number of rotatable bonds is 5. The van der Waals surface area contributed by atoms with Gasteiger partial charge in [-0.25, -0.2) is 4.79 Å². The van der Waals surface area contributed by atoms with E-state index in [0.29, 0.717) is 12.8 Å². The summed E-state index contributed by atoms with van der Waals surface area (Å²) < 4.78 is 0. The first-order valence-corrected chi connectivity index (χ1v) is 10.6. The van der Waals surface area contributed by atoms with Crippen molar-refractivity contribution in [1.82, 2.24) is 15.8 Å². The van der Waals surface area contributed by atoms with Crippen molar-refractivity contribution in [1.29, 1.82) is 0 Å². The first-order valence-electron chi connectivity index (χ1n) is 10.6. The smallest absolute Gasteiger partial charge is 0.344 e. The van der Waals surface area contributed by atoms with Gasteiger partial charge in [0, 0.05) is 13.1 Å². The molecule has 0 radical (unpaired) electrons. The van der Waals surface area contributed by atoms with Gasteiger partial charge in [-0.2, -0.15) is 5.01 Å². The zero-order valence-corrected chi connectivity index (χ0v) is 16.7. The third-order valence-corrected chi connectivity index (χ3v) is 6.15. The molecule has 3 aliphatic rings. The Balaban J connectivity index is 1.36. The molecule has 0 aromatic heterocycles. The van der Waals surface area contributed by atoms with E-state index in [1.54, 1.807) is 0 Å². The van der Waals surface area contributed by atoms with Crippen LogP contribution in [0.3, 0.4) is 0 Å². The number of anilines is 2. The van der Waals surface area contributed by atoms with Crippen LogP contribution in [0.1, 0.15) is 51.4 Å². The minimum absolute atomic E-state index is 0.0189. The maximum atomic E-state index is 12.8. The maximum Gasteiger partial charge on any atom is 0.344 e. The molecule has 8 nitrogen and oxygen atoms in total. The summed E-state index contributed by atoms with van der Waals surface area (Å²) in [6.45, 7) is 2.00. The summed E-state index contributed by atoms with van der Waals surface area (Å²) in [6, 6.07) is 7.38. The number of carbonyl (C=O) groups is 3. The fourth-order valence-electron chi connectivity index (χ4n) is 4.59. The third kappa shape index (κ3) is 4.02. The second kappa shape index (κ2) is 8.31. The number of para-hydroxylation sites is 2. The Hall–Kier alpha value is -2.77. The summed E-state index contributed by atoms with van der Waals surface area (Å²) in [5.41, 5.74) is 3.60. The highest BCUT2D eigenvalue weighted by Crippen LogP contribution is 2.33. The molecular formula is C21H29N5O3. The van der Waals surface area contributed by atoms with Gasteiger partial charge in [-0.05, 0) is 44.2 Å². The van der Waals surface area contributed by atoms with Crippen LogP contribution in [0.2, 0.25) is 0 Å². The van der Waals surface area contributed by atoms with Crippen LogP contribution in [-0.2, 0) is 9.59 Å². The fourth-order valence-corrected chi connectivity index (χ4v) is 4.59. The molecule has 4 rings (SSSR count). The molecule has 2 aliphatic heterocycles. The Morgan fingerprint density at radius 2 is 1.69 bits per heavy atom. The van der Waals surface area contributed by atoms with Crippen LogP contribution in [0, 0.1) is 0 Å². The molecule has 0 unspecified atom stereocenters. The van der Waals surface area contributed by atoms with E-state index in [1.165, 1.54) is 19.3 Å². The lowest BCUT2D eigenvalue weighted by atomic mass is 9.82. The zero-order chi connectivity index (χ0) is 20.3. The standard InChI is InChI=1S/C21H29N5O3/c27-18(24-26-19(28)21(23-20(26)29)11-5-1-6-12-21)15-22-16-9-3-4-10-17(16)25-13-7-2-8-14-25/h3-4,9-10,22H,1-2,5-8,11-15H2,(H,23,29)(H,24,27). The van der Waals surface area contributed by atoms with Crippen LogP contribution in [0.15, 0.2) is 24.3 Å². The summed E-state index contributed by atoms with van der Waals surface area (Å²) in [6.07, 6.45) is 7.73. The van der Waals surface area contributed by atoms with Gasteiger partial charge in [-0.15, -0.1) is 0 Å². The SMILES string of the molecule is O=C(CNc1ccccc1N1CCCCC1)NN1C(=O)NC2(CCCCC2)C1=O. The highest BCUT2D eigenvalue weighted by atomic mass is 16.2. The van der Waals surface area contributed by atoms with Crippen molar-refractivity contribution in [2.24, 2.45) is 0 Å². The number of nitrogens with one attached hydrogen (secondary N) is 3. The minimum atomic E-state index is -0.836. The van der Waals surface area contributed by atoms with Gasteiger partial charge >= 0.3 is 6.03 Å². The number of hydrazine groups is 1. The van der Waals surface area contributed by atoms with Crippen molar-refractivity contribution in [3.05, 3.63) is 24.3 Å². The van der Waals surface area contributed by atoms with E-state index in [0.717, 1.165) is 48.7 Å². The lowest BCUT2D eigenvalue weighted by molar-refractivity contribution is -0.139. The summed E-state index contributed by atoms with van der Waals surface area (Å²) in [4.78, 5) is 39.8. The molecule has 1 aromatic rings. The molecule has 0 atom stereocenters. The van der Waals surface area contributed by atoms with Gasteiger partial charge in [-0.1, -0.05) is 31.4 Å². The van der Waals surface area contributed by atoms with Gasteiger partial charge in [0.2, 0.25) is 0 Å². The molecule has 4 amide bonds. The quantitative estimate of drug-likeness (QED) is 0.661. The number of hydrogen-bond donors (Lipinski definition) is 3. The van der Waals surface area contributed by atoms with Crippen LogP contribution < -0.4 is 21.0 Å². The van der Waals surface area contributed by atoms with E-state index >= 15 is 0 Å². The summed E-state index contributed by atoms with van der Waals surface area (Å²) in [7, 11) is 0. The number of urea groups is 1. The highest BCUT2D eigenvalue weighted by Gasteiger charge is 2.52. The van der Waals surface area contributed by atoms with Gasteiger partial charge in [0.05, 0.1) is 17.9 Å². The predicted octanol–water partition coefficient (Wildman–Crippen LogP) is 2.37. The minimum Gasteiger partial charge on any atom is -0.374 e. The van der Waals surface area contributed by atoms with E-state index in [2.05, 4.69) is 27.0 Å². The molecule has 8 heteroatoms. The number of benzene rings is 1. The number of nitrogens with zero attached hydrogens (tertiary/aromatic N) is 2. The molecule has 2 heterocycles. The molecule has 1 aromatic carbocycles. The van der Waals surface area contributed by atoms with Crippen molar-refractivity contribution in [3.8, 4) is 0 Å². The van der Waals surface area contributed by atoms with Gasteiger partial charge in [-0.3, -0.25) is 15.0 Å². The molecule has 1 saturated carbocycles. The summed E-state index contributed by atoms with van der Waals surface area (Å²) in [5, 5.41) is 6.81. The maximum absolute atomic E-state index is 12.8. The Morgan fingerprint density at radius 1 is 1.00 bits per heavy atom. The molecular weight excluding hydrogens is 370 g/mol. The van der Waals surface area contributed by atoms with Crippen LogP contribution in [0.25, 0.3) is 0 Å². The first-order chi connectivity index (χ1) is 14.1. The van der Waals surface area contributed by atoms with E-state index in [-0.39, 0.29) is 12.5 Å². The fraction of sp³-hybridized carbons (Fsp3) is 0.571. The van der Waals surface area contributed by atoms with Gasteiger partial charge < -0.3 is 15.5 Å². The van der Waals surface area contributed by atoms with Gasteiger partial charge in [0.15, 0.2) is 0 Å². The van der Waals surface area contributed by atoms with Crippen molar-refractivity contribution < 1.29 is 14.4 Å². The normalized spacial score (nSPS) is 21.2. The average molecular weight is 399 g/mol. The number of carbonyl (C=O) groups excluding carboxylic acids is 3. The number of imide groups is 1. The molecule has 29 heavy (non-hydrogen) atoms. The zero-order valence-electron chi connectivity index (χ0n) is 16.7. The number of piperidine rings is 1. The molecule has 1 spiro atoms. The second-order valence-corrected chi connectivity index (χ2v) is 8.17. The van der Waals surface area contributed by atoms with E-state index in [4.69, 9.17) is 0 Å². The number of amides is 4. The van der Waals surface area contributed by atoms with Crippen molar-refractivity contribution in [2.75, 3.05) is 29.9 Å².